The molecule has 0 atom stereocenters. The molecule has 0 bridgehead atoms. The Morgan fingerprint density at radius 1 is 1.25 bits per heavy atom. The van der Waals surface area contributed by atoms with Gasteiger partial charge in [0.15, 0.2) is 9.84 Å². The first-order valence-corrected chi connectivity index (χ1v) is 7.77. The third-order valence-electron chi connectivity index (χ3n) is 2.13. The summed E-state index contributed by atoms with van der Waals surface area (Å²) in [5.41, 5.74) is 1.06. The van der Waals surface area contributed by atoms with Gasteiger partial charge < -0.3 is 0 Å². The fourth-order valence-electron chi connectivity index (χ4n) is 1.20. The lowest BCUT2D eigenvalue weighted by atomic mass is 10.2. The second-order valence-electron chi connectivity index (χ2n) is 3.56. The molecule has 0 aliphatic rings. The molecule has 0 aliphatic heterocycles. The highest BCUT2D eigenvalue weighted by molar-refractivity contribution is 9.09. The predicted octanol–water partition coefficient (Wildman–Crippen LogP) is 3.46. The molecule has 2 nitrogen and oxygen atoms in total. The number of allylic oxidation sites excluding steroid dienone is 1. The highest BCUT2D eigenvalue weighted by Gasteiger charge is 2.08. The monoisotopic (exact) mass is 302 g/mol. The Morgan fingerprint density at radius 3 is 2.44 bits per heavy atom. The summed E-state index contributed by atoms with van der Waals surface area (Å²) in [5, 5.41) is 2.18. The van der Waals surface area contributed by atoms with Gasteiger partial charge in [-0.25, -0.2) is 8.42 Å². The zero-order valence-corrected chi connectivity index (χ0v) is 11.6. The Kier molecular flexibility index (Phi) is 5.22. The Labute approximate surface area is 105 Å². The summed E-state index contributed by atoms with van der Waals surface area (Å²) in [6.45, 7) is 1.93. The highest BCUT2D eigenvalue weighted by Crippen LogP contribution is 2.13. The zero-order valence-electron chi connectivity index (χ0n) is 9.19. The van der Waals surface area contributed by atoms with Crippen LogP contribution in [0.3, 0.4) is 0 Å². The van der Waals surface area contributed by atoms with Crippen LogP contribution in [0.1, 0.15) is 18.4 Å². The van der Waals surface area contributed by atoms with Gasteiger partial charge in [0.25, 0.3) is 0 Å². The topological polar surface area (TPSA) is 34.1 Å². The van der Waals surface area contributed by atoms with E-state index in [1.165, 1.54) is 5.41 Å². The number of unbranched alkanes of at least 4 members (excludes halogenated alkanes) is 1. The third-order valence-corrected chi connectivity index (χ3v) is 4.17. The van der Waals surface area contributed by atoms with Crippen LogP contribution in [0, 0.1) is 6.92 Å². The number of rotatable bonds is 5. The van der Waals surface area contributed by atoms with Gasteiger partial charge in [0.2, 0.25) is 0 Å². The molecule has 1 aromatic carbocycles. The molecule has 0 aliphatic carbocycles. The molecule has 0 N–H and O–H groups in total. The lowest BCUT2D eigenvalue weighted by Gasteiger charge is -1.99. The first kappa shape index (κ1) is 13.5. The summed E-state index contributed by atoms with van der Waals surface area (Å²) in [6, 6.07) is 6.89. The van der Waals surface area contributed by atoms with Gasteiger partial charge in [-0.2, -0.15) is 0 Å². The fraction of sp³-hybridized carbons (Fsp3) is 0.333. The van der Waals surface area contributed by atoms with Crippen molar-refractivity contribution in [2.45, 2.75) is 24.7 Å². The van der Waals surface area contributed by atoms with Crippen LogP contribution in [0.15, 0.2) is 40.6 Å². The van der Waals surface area contributed by atoms with Crippen LogP contribution in [0.5, 0.6) is 0 Å². The fourth-order valence-corrected chi connectivity index (χ4v) is 2.58. The van der Waals surface area contributed by atoms with Crippen molar-refractivity contribution >= 4 is 25.8 Å². The maximum absolute atomic E-state index is 11.8. The van der Waals surface area contributed by atoms with Crippen LogP contribution in [-0.2, 0) is 9.84 Å². The molecule has 0 radical (unpaired) electrons. The van der Waals surface area contributed by atoms with Crippen LogP contribution in [0.25, 0.3) is 0 Å². The number of hydrogen-bond donors (Lipinski definition) is 0. The number of hydrogen-bond acceptors (Lipinski definition) is 2. The molecule has 0 fully saturated rings. The smallest absolute Gasteiger partial charge is 0.199 e. The maximum Gasteiger partial charge on any atom is 0.199 e. The van der Waals surface area contributed by atoms with Gasteiger partial charge in [-0.3, -0.25) is 0 Å². The van der Waals surface area contributed by atoms with Crippen molar-refractivity contribution in [1.82, 2.24) is 0 Å². The van der Waals surface area contributed by atoms with Gasteiger partial charge in [0.05, 0.1) is 4.90 Å². The van der Waals surface area contributed by atoms with E-state index in [-0.39, 0.29) is 0 Å². The zero-order chi connectivity index (χ0) is 12.0. The van der Waals surface area contributed by atoms with Crippen molar-refractivity contribution in [2.24, 2.45) is 0 Å². The summed E-state index contributed by atoms with van der Waals surface area (Å²) in [5.74, 6) is 0. The predicted molar refractivity (Wildman–Crippen MR) is 70.5 cm³/mol. The van der Waals surface area contributed by atoms with Crippen molar-refractivity contribution < 1.29 is 8.42 Å². The molecule has 0 unspecified atom stereocenters. The number of aryl methyl sites for hydroxylation is 1. The van der Waals surface area contributed by atoms with Crippen molar-refractivity contribution in [3.8, 4) is 0 Å². The van der Waals surface area contributed by atoms with Crippen LogP contribution >= 0.6 is 15.9 Å². The number of benzene rings is 1. The molecule has 0 aromatic heterocycles. The standard InChI is InChI=1S/C12H15BrO2S/c1-11-5-7-12(8-6-11)16(14,15)10-4-2-3-9-13/h4-8,10H,2-3,9H2,1H3/b10-4+. The van der Waals surface area contributed by atoms with E-state index in [1.54, 1.807) is 30.3 Å². The van der Waals surface area contributed by atoms with Crippen LogP contribution in [-0.4, -0.2) is 13.7 Å². The first-order valence-electron chi connectivity index (χ1n) is 5.10. The molecule has 0 spiro atoms. The maximum atomic E-state index is 11.8. The van der Waals surface area contributed by atoms with Crippen molar-refractivity contribution in [3.05, 3.63) is 41.3 Å². The summed E-state index contributed by atoms with van der Waals surface area (Å²) < 4.78 is 23.6. The van der Waals surface area contributed by atoms with Gasteiger partial charge in [0.1, 0.15) is 0 Å². The van der Waals surface area contributed by atoms with E-state index < -0.39 is 9.84 Å². The van der Waals surface area contributed by atoms with E-state index >= 15 is 0 Å². The van der Waals surface area contributed by atoms with Crippen molar-refractivity contribution in [2.75, 3.05) is 5.33 Å². The molecular formula is C12H15BrO2S. The van der Waals surface area contributed by atoms with Gasteiger partial charge in [0, 0.05) is 10.7 Å². The van der Waals surface area contributed by atoms with E-state index in [0.717, 1.165) is 23.7 Å². The van der Waals surface area contributed by atoms with Gasteiger partial charge >= 0.3 is 0 Å². The minimum absolute atomic E-state index is 0.355. The second kappa shape index (κ2) is 6.21. The summed E-state index contributed by atoms with van der Waals surface area (Å²) in [4.78, 5) is 0.355. The van der Waals surface area contributed by atoms with E-state index in [4.69, 9.17) is 0 Å². The molecule has 1 rings (SSSR count). The minimum Gasteiger partial charge on any atom is -0.219 e. The van der Waals surface area contributed by atoms with Gasteiger partial charge in [-0.05, 0) is 31.9 Å². The van der Waals surface area contributed by atoms with Crippen LogP contribution in [0.2, 0.25) is 0 Å². The molecule has 4 heteroatoms. The van der Waals surface area contributed by atoms with Gasteiger partial charge in [-0.15, -0.1) is 0 Å². The molecule has 16 heavy (non-hydrogen) atoms. The molecular weight excluding hydrogens is 288 g/mol. The quantitative estimate of drug-likeness (QED) is 0.616. The normalized spacial score (nSPS) is 12.1. The molecule has 88 valence electrons. The van der Waals surface area contributed by atoms with E-state index in [2.05, 4.69) is 15.9 Å². The summed E-state index contributed by atoms with van der Waals surface area (Å²) >= 11 is 3.30. The molecule has 0 saturated carbocycles. The summed E-state index contributed by atoms with van der Waals surface area (Å²) in [7, 11) is -3.25. The number of halogens is 1. The third kappa shape index (κ3) is 4.10. The molecule has 0 amide bonds. The van der Waals surface area contributed by atoms with Crippen LogP contribution in [0.4, 0.5) is 0 Å². The first-order chi connectivity index (χ1) is 7.56. The van der Waals surface area contributed by atoms with Gasteiger partial charge in [-0.1, -0.05) is 39.7 Å². The Morgan fingerprint density at radius 2 is 1.88 bits per heavy atom. The lowest BCUT2D eigenvalue weighted by Crippen LogP contribution is -1.95. The lowest BCUT2D eigenvalue weighted by molar-refractivity contribution is 0.604. The second-order valence-corrected chi connectivity index (χ2v) is 6.19. The Hall–Kier alpha value is -0.610. The van der Waals surface area contributed by atoms with Crippen molar-refractivity contribution in [1.29, 1.82) is 0 Å². The van der Waals surface area contributed by atoms with Crippen LogP contribution < -0.4 is 0 Å². The SMILES string of the molecule is Cc1ccc(S(=O)(=O)/C=C/CCCBr)cc1. The molecule has 1 aromatic rings. The van der Waals surface area contributed by atoms with E-state index in [0.29, 0.717) is 4.90 Å². The van der Waals surface area contributed by atoms with E-state index in [1.807, 2.05) is 6.92 Å². The summed E-state index contributed by atoms with van der Waals surface area (Å²) in [6.07, 6.45) is 3.42. The highest BCUT2D eigenvalue weighted by atomic mass is 79.9. The van der Waals surface area contributed by atoms with Crippen molar-refractivity contribution in [3.63, 3.8) is 0 Å². The minimum atomic E-state index is -3.25. The molecule has 0 saturated heterocycles. The number of alkyl halides is 1. The largest absolute Gasteiger partial charge is 0.219 e. The average molecular weight is 303 g/mol. The van der Waals surface area contributed by atoms with E-state index in [9.17, 15) is 8.42 Å². The molecule has 0 heterocycles. The Bertz CT molecular complexity index is 446. The Balaban J connectivity index is 2.78. The number of sulfone groups is 1. The average Bonchev–Trinajstić information content (AvgIpc) is 2.25.